The number of rotatable bonds is 5. The molecule has 2 N–H and O–H groups in total. The summed E-state index contributed by atoms with van der Waals surface area (Å²) in [6, 6.07) is 2.42. The van der Waals surface area contributed by atoms with Crippen molar-refractivity contribution >= 4 is 28.6 Å². The summed E-state index contributed by atoms with van der Waals surface area (Å²) in [5.41, 5.74) is -0.574. The van der Waals surface area contributed by atoms with Crippen LogP contribution in [0.1, 0.15) is 52.0 Å². The quantitative estimate of drug-likeness (QED) is 0.595. The number of fused-ring (bicyclic) bond motifs is 1. The second-order valence-electron chi connectivity index (χ2n) is 10.6. The monoisotopic (exact) mass is 507 g/mol. The number of methoxy groups -OCH3 is 1. The minimum atomic E-state index is -4.51. The summed E-state index contributed by atoms with van der Waals surface area (Å²) in [6.07, 6.45) is -0.785. The van der Waals surface area contributed by atoms with E-state index in [9.17, 15) is 22.8 Å². The molecule has 196 valence electrons. The van der Waals surface area contributed by atoms with Crippen molar-refractivity contribution in [2.75, 3.05) is 19.0 Å². The van der Waals surface area contributed by atoms with Crippen LogP contribution in [0.2, 0.25) is 0 Å². The van der Waals surface area contributed by atoms with Gasteiger partial charge in [-0.25, -0.2) is 9.97 Å². The van der Waals surface area contributed by atoms with Gasteiger partial charge in [-0.05, 0) is 64.7 Å². The average molecular weight is 508 g/mol. The molecule has 0 radical (unpaired) electrons. The molecule has 4 atom stereocenters. The first-order valence-corrected chi connectivity index (χ1v) is 12.1. The van der Waals surface area contributed by atoms with E-state index in [2.05, 4.69) is 41.4 Å². The summed E-state index contributed by atoms with van der Waals surface area (Å²) in [4.78, 5) is 36.0. The normalized spacial score (nSPS) is 25.3. The Balaban J connectivity index is 1.52. The van der Waals surface area contributed by atoms with Crippen LogP contribution in [0.4, 0.5) is 19.0 Å². The van der Waals surface area contributed by atoms with Crippen molar-refractivity contribution in [3.05, 3.63) is 30.1 Å². The van der Waals surface area contributed by atoms with Crippen molar-refractivity contribution in [1.82, 2.24) is 20.2 Å². The number of anilines is 1. The van der Waals surface area contributed by atoms with Crippen LogP contribution in [0, 0.1) is 5.92 Å². The second-order valence-corrected chi connectivity index (χ2v) is 10.6. The molecule has 1 aliphatic carbocycles. The molecule has 2 aliphatic rings. The largest absolute Gasteiger partial charge is 0.469 e. The van der Waals surface area contributed by atoms with Gasteiger partial charge in [-0.2, -0.15) is 13.2 Å². The van der Waals surface area contributed by atoms with E-state index < -0.39 is 23.7 Å². The van der Waals surface area contributed by atoms with Gasteiger partial charge in [0.15, 0.2) is 0 Å². The van der Waals surface area contributed by atoms with E-state index in [1.165, 1.54) is 19.5 Å². The highest BCUT2D eigenvalue weighted by atomic mass is 19.4. The number of benzene rings is 1. The molecule has 1 aromatic carbocycles. The molecule has 1 amide bonds. The number of esters is 1. The van der Waals surface area contributed by atoms with Crippen molar-refractivity contribution in [3.8, 4) is 0 Å². The zero-order valence-electron chi connectivity index (χ0n) is 20.9. The van der Waals surface area contributed by atoms with Crippen LogP contribution in [0.25, 0.3) is 10.9 Å². The fourth-order valence-electron chi connectivity index (χ4n) is 5.35. The lowest BCUT2D eigenvalue weighted by Gasteiger charge is -2.41. The SMILES string of the molecule is COC(=O)C1CC(NC(C)(C)C)CCC1N1CC[C@H](Nc2ncnc3ccc(C(F)(F)F)cc23)C1=O. The Hall–Kier alpha value is -2.95. The van der Waals surface area contributed by atoms with Crippen molar-refractivity contribution in [2.45, 2.75) is 76.3 Å². The van der Waals surface area contributed by atoms with E-state index in [4.69, 9.17) is 4.74 Å². The lowest BCUT2D eigenvalue weighted by molar-refractivity contribution is -0.151. The van der Waals surface area contributed by atoms with E-state index in [1.807, 2.05) is 0 Å². The number of carbonyl (C=O) groups excluding carboxylic acids is 2. The summed E-state index contributed by atoms with van der Waals surface area (Å²) in [7, 11) is 1.35. The van der Waals surface area contributed by atoms with Crippen molar-refractivity contribution in [2.24, 2.45) is 5.92 Å². The van der Waals surface area contributed by atoms with E-state index in [0.717, 1.165) is 18.6 Å². The molecule has 8 nitrogen and oxygen atoms in total. The Morgan fingerprint density at radius 3 is 2.56 bits per heavy atom. The molecule has 11 heteroatoms. The zero-order chi connectivity index (χ0) is 26.3. The lowest BCUT2D eigenvalue weighted by atomic mass is 9.80. The summed E-state index contributed by atoms with van der Waals surface area (Å²) in [5.74, 6) is -0.824. The van der Waals surface area contributed by atoms with Crippen LogP contribution >= 0.6 is 0 Å². The molecule has 0 spiro atoms. The standard InChI is InChI=1S/C25H32F3N5O3/c1-24(2,3)32-15-6-8-20(17(12-15)23(35)36-4)33-10-9-19(22(33)34)31-21-16-11-14(25(26,27)28)5-7-18(16)29-13-30-21/h5,7,11,13,15,17,19-20,32H,6,8-10,12H2,1-4H3,(H,29,30,31)/t15?,17?,19-,20?/m0/s1. The maximum Gasteiger partial charge on any atom is 0.416 e. The molecule has 1 aromatic heterocycles. The number of nitrogens with one attached hydrogen (secondary N) is 2. The molecule has 2 aromatic rings. The highest BCUT2D eigenvalue weighted by molar-refractivity contribution is 5.93. The van der Waals surface area contributed by atoms with Gasteiger partial charge in [0.2, 0.25) is 5.91 Å². The molecule has 3 unspecified atom stereocenters. The molecule has 0 bridgehead atoms. The van der Waals surface area contributed by atoms with Gasteiger partial charge in [0, 0.05) is 29.6 Å². The first-order chi connectivity index (χ1) is 16.9. The zero-order valence-corrected chi connectivity index (χ0v) is 20.9. The predicted octanol–water partition coefficient (Wildman–Crippen LogP) is 3.76. The Kier molecular flexibility index (Phi) is 7.14. The van der Waals surface area contributed by atoms with Crippen LogP contribution in [0.5, 0.6) is 0 Å². The van der Waals surface area contributed by atoms with Gasteiger partial charge in [-0.15, -0.1) is 0 Å². The number of amides is 1. The fourth-order valence-corrected chi connectivity index (χ4v) is 5.35. The number of hydrogen-bond donors (Lipinski definition) is 2. The topological polar surface area (TPSA) is 96.5 Å². The molecule has 2 fully saturated rings. The van der Waals surface area contributed by atoms with E-state index in [-0.39, 0.29) is 40.7 Å². The Labute approximate surface area is 208 Å². The van der Waals surface area contributed by atoms with Gasteiger partial charge >= 0.3 is 12.1 Å². The number of carbonyl (C=O) groups is 2. The van der Waals surface area contributed by atoms with Gasteiger partial charge < -0.3 is 20.3 Å². The van der Waals surface area contributed by atoms with Gasteiger partial charge in [0.05, 0.1) is 24.1 Å². The smallest absolute Gasteiger partial charge is 0.416 e. The highest BCUT2D eigenvalue weighted by Crippen LogP contribution is 2.35. The molecule has 4 rings (SSSR count). The van der Waals surface area contributed by atoms with Crippen LogP contribution in [-0.2, 0) is 20.5 Å². The van der Waals surface area contributed by atoms with Crippen LogP contribution in [0.15, 0.2) is 24.5 Å². The van der Waals surface area contributed by atoms with Crippen LogP contribution in [-0.4, -0.2) is 64.1 Å². The number of alkyl halides is 3. The third-order valence-electron chi connectivity index (χ3n) is 6.87. The molecule has 1 saturated carbocycles. The third-order valence-corrected chi connectivity index (χ3v) is 6.87. The van der Waals surface area contributed by atoms with E-state index >= 15 is 0 Å². The predicted molar refractivity (Wildman–Crippen MR) is 128 cm³/mol. The van der Waals surface area contributed by atoms with Gasteiger partial charge in [0.1, 0.15) is 18.2 Å². The molecular weight excluding hydrogens is 475 g/mol. The van der Waals surface area contributed by atoms with Gasteiger partial charge in [-0.1, -0.05) is 0 Å². The number of nitrogens with zero attached hydrogens (tertiary/aromatic N) is 3. The van der Waals surface area contributed by atoms with Crippen LogP contribution in [0.3, 0.4) is 0 Å². The summed E-state index contributed by atoms with van der Waals surface area (Å²) >= 11 is 0. The molecule has 2 heterocycles. The van der Waals surface area contributed by atoms with Gasteiger partial charge in [0.25, 0.3) is 0 Å². The Morgan fingerprint density at radius 2 is 1.89 bits per heavy atom. The fraction of sp³-hybridized carbons (Fsp3) is 0.600. The van der Waals surface area contributed by atoms with Crippen molar-refractivity contribution in [1.29, 1.82) is 0 Å². The first-order valence-electron chi connectivity index (χ1n) is 12.1. The maximum absolute atomic E-state index is 13.4. The van der Waals surface area contributed by atoms with Crippen molar-refractivity contribution in [3.63, 3.8) is 0 Å². The number of aromatic nitrogens is 2. The minimum absolute atomic E-state index is 0.108. The lowest BCUT2D eigenvalue weighted by Crippen LogP contribution is -2.54. The first kappa shape index (κ1) is 26.1. The number of hydrogen-bond acceptors (Lipinski definition) is 7. The molecule has 1 aliphatic heterocycles. The third kappa shape index (κ3) is 5.55. The number of likely N-dealkylation sites (tertiary alicyclic amines) is 1. The summed E-state index contributed by atoms with van der Waals surface area (Å²) in [5, 5.41) is 6.78. The highest BCUT2D eigenvalue weighted by Gasteiger charge is 2.45. The minimum Gasteiger partial charge on any atom is -0.469 e. The average Bonchev–Trinajstić information content (AvgIpc) is 3.16. The maximum atomic E-state index is 13.4. The molecule has 1 saturated heterocycles. The Morgan fingerprint density at radius 1 is 1.14 bits per heavy atom. The van der Waals surface area contributed by atoms with Crippen molar-refractivity contribution < 1.29 is 27.5 Å². The van der Waals surface area contributed by atoms with E-state index in [0.29, 0.717) is 31.3 Å². The van der Waals surface area contributed by atoms with E-state index in [1.54, 1.807) is 4.90 Å². The Bertz CT molecular complexity index is 1130. The second kappa shape index (κ2) is 9.84. The molecular formula is C25H32F3N5O3. The summed E-state index contributed by atoms with van der Waals surface area (Å²) in [6.45, 7) is 6.64. The number of ether oxygens (including phenoxy) is 1. The van der Waals surface area contributed by atoms with Gasteiger partial charge in [-0.3, -0.25) is 9.59 Å². The summed E-state index contributed by atoms with van der Waals surface area (Å²) < 4.78 is 44.8. The van der Waals surface area contributed by atoms with Crippen LogP contribution < -0.4 is 10.6 Å². The molecule has 36 heavy (non-hydrogen) atoms. The number of halogens is 3.